The van der Waals surface area contributed by atoms with E-state index in [-0.39, 0.29) is 5.91 Å². The van der Waals surface area contributed by atoms with Gasteiger partial charge in [0.1, 0.15) is 0 Å². The van der Waals surface area contributed by atoms with E-state index in [0.717, 1.165) is 24.1 Å². The maximum atomic E-state index is 12.0. The molecule has 0 atom stereocenters. The molecule has 0 radical (unpaired) electrons. The number of nitrogens with one attached hydrogen (secondary N) is 1. The van der Waals surface area contributed by atoms with E-state index in [0.29, 0.717) is 11.6 Å². The monoisotopic (exact) mass is 322 g/mol. The summed E-state index contributed by atoms with van der Waals surface area (Å²) >= 11 is 1.46. The zero-order valence-corrected chi connectivity index (χ0v) is 13.6. The lowest BCUT2D eigenvalue weighted by atomic mass is 10.1. The third-order valence-corrected chi connectivity index (χ3v) is 4.29. The average molecular weight is 322 g/mol. The van der Waals surface area contributed by atoms with Crippen molar-refractivity contribution in [1.29, 1.82) is 0 Å². The second kappa shape index (κ2) is 7.70. The van der Waals surface area contributed by atoms with Crippen molar-refractivity contribution >= 4 is 22.4 Å². The predicted octanol–water partition coefficient (Wildman–Crippen LogP) is 4.77. The first-order chi connectivity index (χ1) is 11.3. The van der Waals surface area contributed by atoms with Crippen molar-refractivity contribution in [2.75, 3.05) is 5.32 Å². The summed E-state index contributed by atoms with van der Waals surface area (Å²) in [4.78, 5) is 16.5. The van der Waals surface area contributed by atoms with Crippen LogP contribution in [0, 0.1) is 0 Å². The summed E-state index contributed by atoms with van der Waals surface area (Å²) < 4.78 is 0. The van der Waals surface area contributed by atoms with Crippen LogP contribution in [0.2, 0.25) is 0 Å². The Morgan fingerprint density at radius 1 is 1.00 bits per heavy atom. The molecule has 0 aliphatic rings. The molecule has 3 aromatic rings. The number of thiazole rings is 1. The van der Waals surface area contributed by atoms with Gasteiger partial charge in [-0.05, 0) is 18.4 Å². The van der Waals surface area contributed by atoms with Gasteiger partial charge in [-0.15, -0.1) is 11.3 Å². The van der Waals surface area contributed by atoms with Crippen molar-refractivity contribution in [3.8, 4) is 11.3 Å². The Morgan fingerprint density at radius 2 is 1.70 bits per heavy atom. The van der Waals surface area contributed by atoms with Gasteiger partial charge in [0.15, 0.2) is 5.13 Å². The fourth-order valence-corrected chi connectivity index (χ4v) is 3.09. The Kier molecular flexibility index (Phi) is 5.17. The van der Waals surface area contributed by atoms with Gasteiger partial charge in [0.05, 0.1) is 5.69 Å². The van der Waals surface area contributed by atoms with Crippen molar-refractivity contribution in [1.82, 2.24) is 4.98 Å². The molecule has 2 aromatic carbocycles. The van der Waals surface area contributed by atoms with Crippen LogP contribution in [0.3, 0.4) is 0 Å². The third-order valence-electron chi connectivity index (χ3n) is 3.53. The summed E-state index contributed by atoms with van der Waals surface area (Å²) in [5, 5.41) is 5.51. The topological polar surface area (TPSA) is 42.0 Å². The van der Waals surface area contributed by atoms with Gasteiger partial charge in [-0.2, -0.15) is 0 Å². The minimum absolute atomic E-state index is 0.0230. The fourth-order valence-electron chi connectivity index (χ4n) is 2.35. The predicted molar refractivity (Wildman–Crippen MR) is 95.6 cm³/mol. The number of carbonyl (C=O) groups is 1. The summed E-state index contributed by atoms with van der Waals surface area (Å²) in [7, 11) is 0. The van der Waals surface area contributed by atoms with E-state index in [1.807, 2.05) is 53.9 Å². The second-order valence-electron chi connectivity index (χ2n) is 5.29. The lowest BCUT2D eigenvalue weighted by molar-refractivity contribution is -0.116. The average Bonchev–Trinajstić information content (AvgIpc) is 3.05. The number of aromatic nitrogens is 1. The van der Waals surface area contributed by atoms with Gasteiger partial charge in [0, 0.05) is 17.4 Å². The molecule has 4 heteroatoms. The molecule has 0 fully saturated rings. The quantitative estimate of drug-likeness (QED) is 0.710. The molecule has 1 amide bonds. The number of carbonyl (C=O) groups excluding carboxylic acids is 1. The number of aryl methyl sites for hydroxylation is 1. The Morgan fingerprint density at radius 3 is 2.43 bits per heavy atom. The van der Waals surface area contributed by atoms with Crippen LogP contribution in [-0.2, 0) is 11.2 Å². The summed E-state index contributed by atoms with van der Waals surface area (Å²) in [5.41, 5.74) is 3.23. The Labute approximate surface area is 140 Å². The summed E-state index contributed by atoms with van der Waals surface area (Å²) in [6, 6.07) is 20.2. The molecular formula is C19H18N2OS. The van der Waals surface area contributed by atoms with E-state index in [1.54, 1.807) is 0 Å². The number of amides is 1. The maximum Gasteiger partial charge on any atom is 0.226 e. The first kappa shape index (κ1) is 15.4. The largest absolute Gasteiger partial charge is 0.302 e. The van der Waals surface area contributed by atoms with Gasteiger partial charge >= 0.3 is 0 Å². The molecule has 3 rings (SSSR count). The minimum atomic E-state index is 0.0230. The van der Waals surface area contributed by atoms with E-state index in [4.69, 9.17) is 0 Å². The Balaban J connectivity index is 1.49. The summed E-state index contributed by atoms with van der Waals surface area (Å²) in [6.07, 6.45) is 2.27. The van der Waals surface area contributed by atoms with Crippen LogP contribution in [0.4, 0.5) is 5.13 Å². The molecule has 1 aromatic heterocycles. The van der Waals surface area contributed by atoms with Gasteiger partial charge in [0.25, 0.3) is 0 Å². The number of nitrogens with zero attached hydrogens (tertiary/aromatic N) is 1. The van der Waals surface area contributed by atoms with E-state index in [2.05, 4.69) is 22.4 Å². The molecule has 0 unspecified atom stereocenters. The SMILES string of the molecule is O=C(CCCc1ccccc1)Nc1nc(-c2ccccc2)cs1. The fraction of sp³-hybridized carbons (Fsp3) is 0.158. The second-order valence-corrected chi connectivity index (χ2v) is 6.15. The molecule has 0 bridgehead atoms. The van der Waals surface area contributed by atoms with Crippen molar-refractivity contribution in [2.45, 2.75) is 19.3 Å². The molecule has 0 saturated heterocycles. The van der Waals surface area contributed by atoms with Crippen LogP contribution < -0.4 is 5.32 Å². The minimum Gasteiger partial charge on any atom is -0.302 e. The molecule has 0 aliphatic heterocycles. The van der Waals surface area contributed by atoms with Gasteiger partial charge < -0.3 is 5.32 Å². The standard InChI is InChI=1S/C19H18N2OS/c22-18(13-7-10-15-8-3-1-4-9-15)21-19-20-17(14-23-19)16-11-5-2-6-12-16/h1-6,8-9,11-12,14H,7,10,13H2,(H,20,21,22). The maximum absolute atomic E-state index is 12.0. The summed E-state index contributed by atoms with van der Waals surface area (Å²) in [6.45, 7) is 0. The van der Waals surface area contributed by atoms with Crippen molar-refractivity contribution in [3.63, 3.8) is 0 Å². The molecular weight excluding hydrogens is 304 g/mol. The molecule has 23 heavy (non-hydrogen) atoms. The van der Waals surface area contributed by atoms with Crippen LogP contribution in [0.15, 0.2) is 66.0 Å². The normalized spacial score (nSPS) is 10.4. The molecule has 1 heterocycles. The lowest BCUT2D eigenvalue weighted by Gasteiger charge is -2.02. The van der Waals surface area contributed by atoms with E-state index in [9.17, 15) is 4.79 Å². The van der Waals surface area contributed by atoms with Crippen LogP contribution >= 0.6 is 11.3 Å². The van der Waals surface area contributed by atoms with Gasteiger partial charge in [-0.3, -0.25) is 4.79 Å². The van der Waals surface area contributed by atoms with E-state index in [1.165, 1.54) is 16.9 Å². The zero-order chi connectivity index (χ0) is 15.9. The lowest BCUT2D eigenvalue weighted by Crippen LogP contribution is -2.11. The van der Waals surface area contributed by atoms with E-state index < -0.39 is 0 Å². The highest BCUT2D eigenvalue weighted by atomic mass is 32.1. The van der Waals surface area contributed by atoms with Crippen LogP contribution in [-0.4, -0.2) is 10.9 Å². The van der Waals surface area contributed by atoms with E-state index >= 15 is 0 Å². The highest BCUT2D eigenvalue weighted by Gasteiger charge is 2.07. The van der Waals surface area contributed by atoms with Gasteiger partial charge in [-0.1, -0.05) is 60.7 Å². The first-order valence-corrected chi connectivity index (χ1v) is 8.54. The number of benzene rings is 2. The molecule has 0 spiro atoms. The third kappa shape index (κ3) is 4.50. The molecule has 0 saturated carbocycles. The van der Waals surface area contributed by atoms with Crippen LogP contribution in [0.5, 0.6) is 0 Å². The molecule has 116 valence electrons. The molecule has 3 nitrogen and oxygen atoms in total. The Hall–Kier alpha value is -2.46. The summed E-state index contributed by atoms with van der Waals surface area (Å²) in [5.74, 6) is 0.0230. The number of anilines is 1. The molecule has 1 N–H and O–H groups in total. The van der Waals surface area contributed by atoms with Crippen LogP contribution in [0.25, 0.3) is 11.3 Å². The van der Waals surface area contributed by atoms with Crippen molar-refractivity contribution in [3.05, 3.63) is 71.6 Å². The van der Waals surface area contributed by atoms with Gasteiger partial charge in [0.2, 0.25) is 5.91 Å². The zero-order valence-electron chi connectivity index (χ0n) is 12.7. The van der Waals surface area contributed by atoms with Crippen molar-refractivity contribution < 1.29 is 4.79 Å². The van der Waals surface area contributed by atoms with Crippen LogP contribution in [0.1, 0.15) is 18.4 Å². The number of rotatable bonds is 6. The smallest absolute Gasteiger partial charge is 0.226 e. The first-order valence-electron chi connectivity index (χ1n) is 7.66. The van der Waals surface area contributed by atoms with Crippen molar-refractivity contribution in [2.24, 2.45) is 0 Å². The highest BCUT2D eigenvalue weighted by molar-refractivity contribution is 7.14. The van der Waals surface area contributed by atoms with Gasteiger partial charge in [-0.25, -0.2) is 4.98 Å². The number of hydrogen-bond acceptors (Lipinski definition) is 3. The highest BCUT2D eigenvalue weighted by Crippen LogP contribution is 2.24. The molecule has 0 aliphatic carbocycles. The number of hydrogen-bond donors (Lipinski definition) is 1. The Bertz CT molecular complexity index is 753.